The van der Waals surface area contributed by atoms with Crippen LogP contribution >= 0.6 is 0 Å². The highest BCUT2D eigenvalue weighted by Gasteiger charge is 2.47. The van der Waals surface area contributed by atoms with Gasteiger partial charge in [0.2, 0.25) is 0 Å². The van der Waals surface area contributed by atoms with Crippen molar-refractivity contribution in [3.8, 4) is 93.0 Å². The first-order valence-corrected chi connectivity index (χ1v) is 24.2. The zero-order valence-electron chi connectivity index (χ0n) is 40.3. The van der Waals surface area contributed by atoms with Crippen molar-refractivity contribution in [1.29, 1.82) is 0 Å². The number of hydrogen-bond donors (Lipinski definition) is 4. The van der Waals surface area contributed by atoms with Crippen molar-refractivity contribution in [2.24, 2.45) is 0 Å². The molecule has 0 heterocycles. The fraction of sp³-hybridized carbons (Fsp3) is 0.0145. The van der Waals surface area contributed by atoms with Gasteiger partial charge in [-0.1, -0.05) is 144 Å². The Morgan fingerprint density at radius 1 is 0.307 bits per heavy atom. The van der Waals surface area contributed by atoms with E-state index in [9.17, 15) is 10.2 Å². The van der Waals surface area contributed by atoms with E-state index >= 15 is 0 Å². The van der Waals surface area contributed by atoms with Crippen molar-refractivity contribution in [3.05, 3.63) is 297 Å². The number of nitrogens with two attached hydrogens (primary N) is 2. The van der Waals surface area contributed by atoms with Gasteiger partial charge in [-0.25, -0.2) is 0 Å². The summed E-state index contributed by atoms with van der Waals surface area (Å²) in [5.41, 5.74) is 23.6. The van der Waals surface area contributed by atoms with Crippen molar-refractivity contribution >= 4 is 11.4 Å². The van der Waals surface area contributed by atoms with Crippen molar-refractivity contribution in [2.75, 3.05) is 11.5 Å². The molecule has 354 valence electrons. The summed E-state index contributed by atoms with van der Waals surface area (Å²) in [4.78, 5) is 0. The van der Waals surface area contributed by atoms with E-state index in [1.165, 1.54) is 12.1 Å². The van der Waals surface area contributed by atoms with Gasteiger partial charge in [0.1, 0.15) is 34.5 Å². The molecular weight excluding hydrogens is 921 g/mol. The van der Waals surface area contributed by atoms with Crippen LogP contribution in [0.3, 0.4) is 0 Å². The molecule has 0 aromatic heterocycles. The third-order valence-electron chi connectivity index (χ3n) is 12.9. The molecule has 6 nitrogen and oxygen atoms in total. The largest absolute Gasteiger partial charge is 0.506 e. The molecule has 11 rings (SSSR count). The average Bonchev–Trinajstić information content (AvgIpc) is 3.74. The Labute approximate surface area is 436 Å². The second kappa shape index (κ2) is 20.5. The molecule has 0 unspecified atom stereocenters. The Balaban J connectivity index is 1.20. The van der Waals surface area contributed by atoms with Gasteiger partial charge in [0.25, 0.3) is 0 Å². The van der Waals surface area contributed by atoms with Gasteiger partial charge < -0.3 is 31.2 Å². The van der Waals surface area contributed by atoms with Gasteiger partial charge in [-0.05, 0) is 155 Å². The first kappa shape index (κ1) is 46.6. The maximum Gasteiger partial charge on any atom is 0.142 e. The lowest BCUT2D eigenvalue weighted by molar-refractivity contribution is 0.456. The Hall–Kier alpha value is -10.8. The van der Waals surface area contributed by atoms with Crippen molar-refractivity contribution in [3.63, 3.8) is 0 Å². The fourth-order valence-electron chi connectivity index (χ4n) is 9.25. The first-order valence-electron chi connectivity index (χ1n) is 24.2. The minimum absolute atomic E-state index is 0.0687. The SMILES string of the molecule is Nc1ccc(Oc2ccc(C3(c4ccc(Oc5ccc(N)c(O)c5)cc4)c4cc(C#Cc5ccccc5)c(C#Cc5ccccc5)cc4-c4cc(C#Cc5ccccc5)c(C#Cc5ccccc5)cc43)cc2)cc1O. The lowest BCUT2D eigenvalue weighted by Crippen LogP contribution is -2.29. The lowest BCUT2D eigenvalue weighted by Gasteiger charge is -2.34. The molecule has 1 aliphatic rings. The van der Waals surface area contributed by atoms with Crippen molar-refractivity contribution in [2.45, 2.75) is 5.41 Å². The quantitative estimate of drug-likeness (QED) is 0.0751. The summed E-state index contributed by atoms with van der Waals surface area (Å²) in [5, 5.41) is 20.9. The van der Waals surface area contributed by atoms with Crippen molar-refractivity contribution < 1.29 is 19.7 Å². The normalized spacial score (nSPS) is 11.4. The Kier molecular flexibility index (Phi) is 12.8. The highest BCUT2D eigenvalue weighted by atomic mass is 16.5. The minimum Gasteiger partial charge on any atom is -0.506 e. The van der Waals surface area contributed by atoms with Gasteiger partial charge in [0, 0.05) is 56.6 Å². The molecular formula is C69H44N2O4. The molecule has 0 bridgehead atoms. The summed E-state index contributed by atoms with van der Waals surface area (Å²) in [7, 11) is 0. The Morgan fingerprint density at radius 2 is 0.600 bits per heavy atom. The molecule has 0 saturated heterocycles. The fourth-order valence-corrected chi connectivity index (χ4v) is 9.25. The van der Waals surface area contributed by atoms with Crippen LogP contribution in [0.4, 0.5) is 11.4 Å². The Morgan fingerprint density at radius 3 is 0.907 bits per heavy atom. The van der Waals surface area contributed by atoms with Gasteiger partial charge >= 0.3 is 0 Å². The number of aromatic hydroxyl groups is 2. The lowest BCUT2D eigenvalue weighted by atomic mass is 9.67. The van der Waals surface area contributed by atoms with Gasteiger partial charge in [-0.3, -0.25) is 0 Å². The van der Waals surface area contributed by atoms with E-state index in [4.69, 9.17) is 20.9 Å². The minimum atomic E-state index is -1.02. The molecule has 6 N–H and O–H groups in total. The van der Waals surface area contributed by atoms with Crippen LogP contribution in [0.1, 0.15) is 66.8 Å². The molecule has 6 heteroatoms. The third-order valence-corrected chi connectivity index (χ3v) is 12.9. The molecule has 0 amide bonds. The molecule has 0 spiro atoms. The standard InChI is InChI=1S/C69H44N2O4/c70-65-39-37-59(45-67(65)72)74-57-33-29-55(30-34-57)69(56-31-35-58(36-32-56)75-60-38-40-66(71)68(73)46-60)63-43-53(27-23-49-17-9-3-10-18-49)51(25-21-47-13-5-1-6-14-47)41-61(63)62-42-52(26-22-48-15-7-2-8-16-48)54(44-64(62)69)28-24-50-19-11-4-12-20-50/h1-20,29-46,72-73H,70-71H2. The van der Waals surface area contributed by atoms with Gasteiger partial charge in [-0.15, -0.1) is 0 Å². The Bertz CT molecular complexity index is 3770. The van der Waals surface area contributed by atoms with Crippen LogP contribution in [-0.4, -0.2) is 10.2 Å². The number of nitrogen functional groups attached to an aromatic ring is 2. The smallest absolute Gasteiger partial charge is 0.142 e. The zero-order valence-corrected chi connectivity index (χ0v) is 40.3. The highest BCUT2D eigenvalue weighted by Crippen LogP contribution is 2.57. The molecule has 10 aromatic rings. The van der Waals surface area contributed by atoms with E-state index < -0.39 is 5.41 Å². The summed E-state index contributed by atoms with van der Waals surface area (Å²) in [6, 6.07) is 74.1. The molecule has 75 heavy (non-hydrogen) atoms. The van der Waals surface area contributed by atoms with Crippen LogP contribution in [0.25, 0.3) is 11.1 Å². The van der Waals surface area contributed by atoms with Crippen LogP contribution in [0, 0.1) is 47.4 Å². The third kappa shape index (κ3) is 9.84. The number of fused-ring (bicyclic) bond motifs is 3. The van der Waals surface area contributed by atoms with Gasteiger partial charge in [0.15, 0.2) is 0 Å². The zero-order chi connectivity index (χ0) is 51.1. The van der Waals surface area contributed by atoms with Crippen LogP contribution in [0.2, 0.25) is 0 Å². The number of hydrogen-bond acceptors (Lipinski definition) is 6. The van der Waals surface area contributed by atoms with Crippen LogP contribution in [0.5, 0.6) is 34.5 Å². The number of phenolic OH excluding ortho intramolecular Hbond substituents is 2. The number of rotatable bonds is 6. The summed E-state index contributed by atoms with van der Waals surface area (Å²) in [5.74, 6) is 29.7. The second-order valence-corrected chi connectivity index (χ2v) is 17.8. The maximum atomic E-state index is 10.4. The maximum absolute atomic E-state index is 10.4. The van der Waals surface area contributed by atoms with Crippen LogP contribution < -0.4 is 20.9 Å². The number of anilines is 2. The van der Waals surface area contributed by atoms with Gasteiger partial charge in [-0.2, -0.15) is 0 Å². The van der Waals surface area contributed by atoms with Gasteiger partial charge in [0.05, 0.1) is 16.8 Å². The summed E-state index contributed by atoms with van der Waals surface area (Å²) < 4.78 is 12.6. The first-order chi connectivity index (χ1) is 36.8. The predicted octanol–water partition coefficient (Wildman–Crippen LogP) is 13.8. The van der Waals surface area contributed by atoms with E-state index in [1.54, 1.807) is 24.3 Å². The second-order valence-electron chi connectivity index (χ2n) is 17.8. The topological polar surface area (TPSA) is 111 Å². The van der Waals surface area contributed by atoms with E-state index in [-0.39, 0.29) is 22.9 Å². The molecule has 0 aliphatic heterocycles. The molecule has 0 saturated carbocycles. The molecule has 10 aromatic carbocycles. The highest BCUT2D eigenvalue weighted by molar-refractivity contribution is 5.90. The summed E-state index contributed by atoms with van der Waals surface area (Å²) >= 11 is 0. The number of ether oxygens (including phenoxy) is 2. The van der Waals surface area contributed by atoms with E-state index in [0.29, 0.717) is 23.0 Å². The molecule has 0 atom stereocenters. The van der Waals surface area contributed by atoms with E-state index in [0.717, 1.165) is 77.9 Å². The molecule has 1 aliphatic carbocycles. The van der Waals surface area contributed by atoms with E-state index in [1.807, 2.05) is 146 Å². The average molecular weight is 965 g/mol. The molecule has 0 radical (unpaired) electrons. The van der Waals surface area contributed by atoms with Crippen LogP contribution in [0.15, 0.2) is 231 Å². The molecule has 0 fully saturated rings. The number of phenols is 2. The summed E-state index contributed by atoms with van der Waals surface area (Å²) in [6.45, 7) is 0. The summed E-state index contributed by atoms with van der Waals surface area (Å²) in [6.07, 6.45) is 0. The van der Waals surface area contributed by atoms with Crippen molar-refractivity contribution in [1.82, 2.24) is 0 Å². The van der Waals surface area contributed by atoms with Crippen LogP contribution in [-0.2, 0) is 5.41 Å². The predicted molar refractivity (Wildman–Crippen MR) is 299 cm³/mol. The number of benzene rings is 10. The monoisotopic (exact) mass is 964 g/mol. The van der Waals surface area contributed by atoms with E-state index in [2.05, 4.69) is 95.9 Å².